The van der Waals surface area contributed by atoms with E-state index in [4.69, 9.17) is 0 Å². The smallest absolute Gasteiger partial charge is 0.123 e. The maximum atomic E-state index is 13.1. The van der Waals surface area contributed by atoms with Gasteiger partial charge < -0.3 is 0 Å². The Balaban J connectivity index is 2.10. The number of rotatable bonds is 3. The number of benzene rings is 1. The molecule has 1 aliphatic rings. The highest BCUT2D eigenvalue weighted by Crippen LogP contribution is 2.23. The van der Waals surface area contributed by atoms with Gasteiger partial charge in [-0.1, -0.05) is 25.3 Å². The van der Waals surface area contributed by atoms with Crippen LogP contribution in [0.5, 0.6) is 0 Å². The van der Waals surface area contributed by atoms with E-state index in [9.17, 15) is 9.65 Å². The highest BCUT2D eigenvalue weighted by Gasteiger charge is 2.20. The zero-order valence-corrected chi connectivity index (χ0v) is 10.7. The van der Waals surface area contributed by atoms with Gasteiger partial charge in [0.15, 0.2) is 0 Å². The standard InChI is InChI=1S/C15H19FN2/c1-11-9-12(16)7-8-14(11)15(10-17)18-13-5-3-2-4-6-13/h7-9,13,15,18H,2-6H2,1H3. The molecule has 1 fully saturated rings. The predicted octanol–water partition coefficient (Wildman–Crippen LogP) is 3.62. The molecule has 0 radical (unpaired) electrons. The first-order valence-corrected chi connectivity index (χ1v) is 6.62. The van der Waals surface area contributed by atoms with Crippen LogP contribution < -0.4 is 5.32 Å². The van der Waals surface area contributed by atoms with Crippen LogP contribution in [0.25, 0.3) is 0 Å². The molecule has 0 spiro atoms. The average molecular weight is 246 g/mol. The Bertz CT molecular complexity index is 444. The summed E-state index contributed by atoms with van der Waals surface area (Å²) in [6.45, 7) is 1.85. The normalized spacial score (nSPS) is 18.3. The zero-order valence-electron chi connectivity index (χ0n) is 10.7. The van der Waals surface area contributed by atoms with Crippen molar-refractivity contribution in [1.29, 1.82) is 5.26 Å². The maximum Gasteiger partial charge on any atom is 0.123 e. The lowest BCUT2D eigenvalue weighted by Crippen LogP contribution is -2.34. The Morgan fingerprint density at radius 1 is 1.33 bits per heavy atom. The molecule has 2 nitrogen and oxygen atoms in total. The second kappa shape index (κ2) is 5.97. The maximum absolute atomic E-state index is 13.1. The van der Waals surface area contributed by atoms with Crippen LogP contribution in [0.3, 0.4) is 0 Å². The minimum absolute atomic E-state index is 0.245. The van der Waals surface area contributed by atoms with Gasteiger partial charge in [-0.3, -0.25) is 5.32 Å². The summed E-state index contributed by atoms with van der Waals surface area (Å²) in [6, 6.07) is 7.02. The summed E-state index contributed by atoms with van der Waals surface area (Å²) in [4.78, 5) is 0. The van der Waals surface area contributed by atoms with Gasteiger partial charge in [-0.25, -0.2) is 4.39 Å². The number of hydrogen-bond acceptors (Lipinski definition) is 2. The van der Waals surface area contributed by atoms with Gasteiger partial charge in [-0.05, 0) is 43.0 Å². The van der Waals surface area contributed by atoms with Crippen LogP contribution in [0.1, 0.15) is 49.3 Å². The monoisotopic (exact) mass is 246 g/mol. The molecule has 0 heterocycles. The van der Waals surface area contributed by atoms with Crippen LogP contribution >= 0.6 is 0 Å². The van der Waals surface area contributed by atoms with Gasteiger partial charge >= 0.3 is 0 Å². The number of nitrogens with zero attached hydrogens (tertiary/aromatic N) is 1. The molecular weight excluding hydrogens is 227 g/mol. The molecule has 1 saturated carbocycles. The van der Waals surface area contributed by atoms with Crippen molar-refractivity contribution in [2.75, 3.05) is 0 Å². The fourth-order valence-corrected chi connectivity index (χ4v) is 2.66. The Morgan fingerprint density at radius 3 is 2.67 bits per heavy atom. The van der Waals surface area contributed by atoms with Gasteiger partial charge in [-0.2, -0.15) is 5.26 Å². The first kappa shape index (κ1) is 13.0. The molecule has 18 heavy (non-hydrogen) atoms. The number of hydrogen-bond donors (Lipinski definition) is 1. The average Bonchev–Trinajstić information content (AvgIpc) is 2.38. The molecule has 1 aromatic carbocycles. The molecule has 0 bridgehead atoms. The van der Waals surface area contributed by atoms with E-state index < -0.39 is 0 Å². The molecule has 1 atom stereocenters. The number of nitriles is 1. The lowest BCUT2D eigenvalue weighted by molar-refractivity contribution is 0.359. The second-order valence-corrected chi connectivity index (χ2v) is 5.06. The van der Waals surface area contributed by atoms with E-state index in [2.05, 4.69) is 11.4 Å². The summed E-state index contributed by atoms with van der Waals surface area (Å²) in [7, 11) is 0. The summed E-state index contributed by atoms with van der Waals surface area (Å²) < 4.78 is 13.1. The summed E-state index contributed by atoms with van der Waals surface area (Å²) in [6.07, 6.45) is 6.04. The molecule has 1 unspecified atom stereocenters. The molecule has 0 aliphatic heterocycles. The van der Waals surface area contributed by atoms with Crippen molar-refractivity contribution in [1.82, 2.24) is 5.32 Å². The molecule has 2 rings (SSSR count). The summed E-state index contributed by atoms with van der Waals surface area (Å²) in [5.41, 5.74) is 1.73. The Hall–Kier alpha value is -1.40. The van der Waals surface area contributed by atoms with E-state index in [1.54, 1.807) is 6.07 Å². The minimum Gasteiger partial charge on any atom is -0.295 e. The van der Waals surface area contributed by atoms with Gasteiger partial charge in [0.25, 0.3) is 0 Å². The fraction of sp³-hybridized carbons (Fsp3) is 0.533. The van der Waals surface area contributed by atoms with Crippen LogP contribution in [0.15, 0.2) is 18.2 Å². The third kappa shape index (κ3) is 3.08. The van der Waals surface area contributed by atoms with Gasteiger partial charge in [0.1, 0.15) is 11.9 Å². The van der Waals surface area contributed by atoms with Crippen molar-refractivity contribution < 1.29 is 4.39 Å². The molecule has 0 aromatic heterocycles. The van der Waals surface area contributed by atoms with E-state index in [1.807, 2.05) is 6.92 Å². The molecule has 0 saturated heterocycles. The third-order valence-electron chi connectivity index (χ3n) is 3.68. The van der Waals surface area contributed by atoms with Crippen molar-refractivity contribution >= 4 is 0 Å². The minimum atomic E-state index is -0.325. The van der Waals surface area contributed by atoms with E-state index in [-0.39, 0.29) is 11.9 Å². The predicted molar refractivity (Wildman–Crippen MR) is 69.5 cm³/mol. The topological polar surface area (TPSA) is 35.8 Å². The van der Waals surface area contributed by atoms with Gasteiger partial charge in [-0.15, -0.1) is 0 Å². The van der Waals surface area contributed by atoms with E-state index >= 15 is 0 Å². The lowest BCUT2D eigenvalue weighted by Gasteiger charge is -2.26. The number of aryl methyl sites for hydroxylation is 1. The van der Waals surface area contributed by atoms with E-state index in [0.717, 1.165) is 24.0 Å². The molecule has 1 aliphatic carbocycles. The number of halogens is 1. The summed E-state index contributed by atoms with van der Waals surface area (Å²) in [5.74, 6) is -0.245. The second-order valence-electron chi connectivity index (χ2n) is 5.06. The first-order chi connectivity index (χ1) is 8.70. The van der Waals surface area contributed by atoms with Crippen LogP contribution in [-0.2, 0) is 0 Å². The molecule has 0 amide bonds. The first-order valence-electron chi connectivity index (χ1n) is 6.62. The largest absolute Gasteiger partial charge is 0.295 e. The fourth-order valence-electron chi connectivity index (χ4n) is 2.66. The van der Waals surface area contributed by atoms with Gasteiger partial charge in [0.05, 0.1) is 6.07 Å². The highest BCUT2D eigenvalue weighted by molar-refractivity contribution is 5.32. The molecule has 1 aromatic rings. The van der Waals surface area contributed by atoms with Crippen molar-refractivity contribution in [3.63, 3.8) is 0 Å². The van der Waals surface area contributed by atoms with Crippen molar-refractivity contribution in [3.8, 4) is 6.07 Å². The SMILES string of the molecule is Cc1cc(F)ccc1C(C#N)NC1CCCCC1. The quantitative estimate of drug-likeness (QED) is 0.884. The van der Waals surface area contributed by atoms with Crippen LogP contribution in [-0.4, -0.2) is 6.04 Å². The number of nitrogens with one attached hydrogen (secondary N) is 1. The summed E-state index contributed by atoms with van der Waals surface area (Å²) in [5, 5.41) is 12.7. The van der Waals surface area contributed by atoms with Crippen LogP contribution in [0.2, 0.25) is 0 Å². The molecule has 3 heteroatoms. The van der Waals surface area contributed by atoms with Crippen molar-refractivity contribution in [3.05, 3.63) is 35.1 Å². The van der Waals surface area contributed by atoms with Crippen molar-refractivity contribution in [2.24, 2.45) is 0 Å². The van der Waals surface area contributed by atoms with Gasteiger partial charge in [0, 0.05) is 6.04 Å². The Morgan fingerprint density at radius 2 is 2.06 bits per heavy atom. The summed E-state index contributed by atoms with van der Waals surface area (Å²) >= 11 is 0. The molecule has 1 N–H and O–H groups in total. The van der Waals surface area contributed by atoms with Gasteiger partial charge in [0.2, 0.25) is 0 Å². The zero-order chi connectivity index (χ0) is 13.0. The van der Waals surface area contributed by atoms with Crippen LogP contribution in [0.4, 0.5) is 4.39 Å². The van der Waals surface area contributed by atoms with E-state index in [0.29, 0.717) is 6.04 Å². The molecule has 96 valence electrons. The van der Waals surface area contributed by atoms with Crippen molar-refractivity contribution in [2.45, 2.75) is 51.1 Å². The Kier molecular flexibility index (Phi) is 4.33. The van der Waals surface area contributed by atoms with Crippen LogP contribution in [0, 0.1) is 24.1 Å². The highest BCUT2D eigenvalue weighted by atomic mass is 19.1. The third-order valence-corrected chi connectivity index (χ3v) is 3.68. The lowest BCUT2D eigenvalue weighted by atomic mass is 9.93. The van der Waals surface area contributed by atoms with E-state index in [1.165, 1.54) is 31.4 Å². The molecular formula is C15H19FN2. The Labute approximate surface area is 108 Å².